The minimum absolute atomic E-state index is 0.0626. The number of nitrogens with one attached hydrogen (secondary N) is 1. The fraction of sp³-hybridized carbons (Fsp3) is 0.462. The van der Waals surface area contributed by atoms with Gasteiger partial charge in [0.1, 0.15) is 18.4 Å². The Labute approximate surface area is 122 Å². The van der Waals surface area contributed by atoms with Crippen LogP contribution in [0.2, 0.25) is 0 Å². The third-order valence-electron chi connectivity index (χ3n) is 2.70. The fourth-order valence-corrected chi connectivity index (χ4v) is 1.66. The summed E-state index contributed by atoms with van der Waals surface area (Å²) >= 11 is 0. The van der Waals surface area contributed by atoms with E-state index in [2.05, 4.69) is 10.1 Å². The molecule has 0 radical (unpaired) electrons. The maximum Gasteiger partial charge on any atom is 0.326 e. The molecule has 8 nitrogen and oxygen atoms in total. The van der Waals surface area contributed by atoms with Crippen molar-refractivity contribution in [1.82, 2.24) is 5.32 Å². The third kappa shape index (κ3) is 4.60. The third-order valence-corrected chi connectivity index (χ3v) is 2.70. The topological polar surface area (TPSA) is 99.9 Å². The number of hydrogen-bond acceptors (Lipinski definition) is 7. The number of nitrogens with zero attached hydrogens (tertiary/aromatic N) is 1. The number of carbonyl (C=O) groups excluding carboxylic acids is 1. The Balaban J connectivity index is 2.86. The highest BCUT2D eigenvalue weighted by Crippen LogP contribution is 2.31. The lowest BCUT2D eigenvalue weighted by atomic mass is 10.2. The van der Waals surface area contributed by atoms with Gasteiger partial charge in [-0.05, 0) is 18.7 Å². The number of likely N-dealkylation sites (N-methyl/N-ethyl adjacent to an activating group) is 1. The highest BCUT2D eigenvalue weighted by molar-refractivity contribution is 5.75. The summed E-state index contributed by atoms with van der Waals surface area (Å²) < 4.78 is 14.9. The van der Waals surface area contributed by atoms with Gasteiger partial charge in [-0.1, -0.05) is 6.92 Å². The van der Waals surface area contributed by atoms with Crippen LogP contribution in [0, 0.1) is 10.1 Å². The fourth-order valence-electron chi connectivity index (χ4n) is 1.66. The lowest BCUT2D eigenvalue weighted by molar-refractivity contribution is -0.386. The second-order valence-corrected chi connectivity index (χ2v) is 4.04. The molecule has 0 aliphatic rings. The summed E-state index contributed by atoms with van der Waals surface area (Å²) in [4.78, 5) is 22.0. The molecule has 0 heterocycles. The van der Waals surface area contributed by atoms with Crippen molar-refractivity contribution in [2.75, 3.05) is 27.4 Å². The minimum Gasteiger partial charge on any atom is -0.496 e. The largest absolute Gasteiger partial charge is 0.496 e. The zero-order valence-corrected chi connectivity index (χ0v) is 12.1. The Kier molecular flexibility index (Phi) is 6.41. The Morgan fingerprint density at radius 1 is 1.43 bits per heavy atom. The van der Waals surface area contributed by atoms with Crippen LogP contribution in [0.15, 0.2) is 18.2 Å². The molecule has 1 unspecified atom stereocenters. The van der Waals surface area contributed by atoms with Gasteiger partial charge in [-0.25, -0.2) is 0 Å². The first-order valence-electron chi connectivity index (χ1n) is 6.29. The van der Waals surface area contributed by atoms with Crippen LogP contribution in [0.4, 0.5) is 5.69 Å². The quantitative estimate of drug-likeness (QED) is 0.436. The summed E-state index contributed by atoms with van der Waals surface area (Å²) in [7, 11) is 2.68. The Bertz CT molecular complexity index is 505. The predicted octanol–water partition coefficient (Wildman–Crippen LogP) is 1.13. The zero-order valence-electron chi connectivity index (χ0n) is 12.1. The molecule has 1 atom stereocenters. The van der Waals surface area contributed by atoms with Gasteiger partial charge in [0.15, 0.2) is 5.75 Å². The normalized spacial score (nSPS) is 11.6. The van der Waals surface area contributed by atoms with Gasteiger partial charge in [0.25, 0.3) is 0 Å². The van der Waals surface area contributed by atoms with Crippen molar-refractivity contribution in [3.8, 4) is 11.5 Å². The van der Waals surface area contributed by atoms with Crippen LogP contribution >= 0.6 is 0 Å². The van der Waals surface area contributed by atoms with Crippen LogP contribution in [-0.2, 0) is 9.53 Å². The van der Waals surface area contributed by atoms with E-state index in [9.17, 15) is 14.9 Å². The van der Waals surface area contributed by atoms with E-state index < -0.39 is 16.9 Å². The first-order valence-corrected chi connectivity index (χ1v) is 6.29. The zero-order chi connectivity index (χ0) is 15.8. The number of esters is 1. The Hall–Kier alpha value is -2.35. The van der Waals surface area contributed by atoms with Gasteiger partial charge < -0.3 is 19.5 Å². The van der Waals surface area contributed by atoms with E-state index in [1.54, 1.807) is 6.07 Å². The molecule has 0 aliphatic heterocycles. The molecule has 0 saturated carbocycles. The summed E-state index contributed by atoms with van der Waals surface area (Å²) in [6.07, 6.45) is 0. The van der Waals surface area contributed by atoms with Crippen molar-refractivity contribution in [1.29, 1.82) is 0 Å². The molecule has 0 bridgehead atoms. The number of carbonyl (C=O) groups is 1. The number of benzene rings is 1. The van der Waals surface area contributed by atoms with Crippen molar-refractivity contribution in [2.45, 2.75) is 13.0 Å². The monoisotopic (exact) mass is 298 g/mol. The lowest BCUT2D eigenvalue weighted by Crippen LogP contribution is -2.42. The van der Waals surface area contributed by atoms with Crippen molar-refractivity contribution < 1.29 is 23.9 Å². The SMILES string of the molecule is CCNC(COc1ccc(OC)cc1[N+](=O)[O-])C(=O)OC. The second-order valence-electron chi connectivity index (χ2n) is 4.04. The van der Waals surface area contributed by atoms with Gasteiger partial charge in [0.2, 0.25) is 0 Å². The van der Waals surface area contributed by atoms with Gasteiger partial charge in [0, 0.05) is 0 Å². The standard InChI is InChI=1S/C13H18N2O6/c1-4-14-10(13(16)20-3)8-21-12-6-5-9(19-2)7-11(12)15(17)18/h5-7,10,14H,4,8H2,1-3H3. The van der Waals surface area contributed by atoms with Crippen LogP contribution in [0.3, 0.4) is 0 Å². The molecule has 21 heavy (non-hydrogen) atoms. The molecule has 1 rings (SSSR count). The maximum absolute atomic E-state index is 11.5. The molecule has 116 valence electrons. The van der Waals surface area contributed by atoms with Gasteiger partial charge in [-0.15, -0.1) is 0 Å². The van der Waals surface area contributed by atoms with Crippen LogP contribution in [0.25, 0.3) is 0 Å². The van der Waals surface area contributed by atoms with Gasteiger partial charge in [-0.3, -0.25) is 14.9 Å². The smallest absolute Gasteiger partial charge is 0.326 e. The van der Waals surface area contributed by atoms with Crippen molar-refractivity contribution in [3.05, 3.63) is 28.3 Å². The molecule has 1 aromatic carbocycles. The lowest BCUT2D eigenvalue weighted by Gasteiger charge is -2.16. The molecule has 0 amide bonds. The van der Waals surface area contributed by atoms with E-state index in [0.717, 1.165) is 0 Å². The van der Waals surface area contributed by atoms with Crippen molar-refractivity contribution in [3.63, 3.8) is 0 Å². The summed E-state index contributed by atoms with van der Waals surface area (Å²) in [6, 6.07) is 3.54. The summed E-state index contributed by atoms with van der Waals surface area (Å²) in [5.74, 6) is -0.0779. The number of rotatable bonds is 8. The Morgan fingerprint density at radius 3 is 2.67 bits per heavy atom. The van der Waals surface area contributed by atoms with E-state index in [4.69, 9.17) is 9.47 Å². The number of methoxy groups -OCH3 is 2. The summed E-state index contributed by atoms with van der Waals surface area (Å²) in [6.45, 7) is 2.29. The molecule has 0 fully saturated rings. The highest BCUT2D eigenvalue weighted by atomic mass is 16.6. The second kappa shape index (κ2) is 8.05. The van der Waals surface area contributed by atoms with Gasteiger partial charge >= 0.3 is 11.7 Å². The van der Waals surface area contributed by atoms with E-state index in [0.29, 0.717) is 12.3 Å². The van der Waals surface area contributed by atoms with E-state index in [1.165, 1.54) is 26.4 Å². The first-order chi connectivity index (χ1) is 10.0. The number of nitro groups is 1. The van der Waals surface area contributed by atoms with Crippen LogP contribution in [0.1, 0.15) is 6.92 Å². The molecule has 0 aliphatic carbocycles. The molecular weight excluding hydrogens is 280 g/mol. The van der Waals surface area contributed by atoms with E-state index in [-0.39, 0.29) is 18.0 Å². The average molecular weight is 298 g/mol. The Morgan fingerprint density at radius 2 is 2.14 bits per heavy atom. The molecule has 1 aromatic rings. The average Bonchev–Trinajstić information content (AvgIpc) is 2.50. The van der Waals surface area contributed by atoms with Gasteiger partial charge in [0.05, 0.1) is 25.2 Å². The maximum atomic E-state index is 11.5. The molecule has 1 N–H and O–H groups in total. The summed E-state index contributed by atoms with van der Waals surface area (Å²) in [5, 5.41) is 13.9. The number of nitro benzene ring substituents is 1. The predicted molar refractivity (Wildman–Crippen MR) is 74.6 cm³/mol. The molecule has 0 aromatic heterocycles. The van der Waals surface area contributed by atoms with Crippen LogP contribution < -0.4 is 14.8 Å². The van der Waals surface area contributed by atoms with Crippen molar-refractivity contribution in [2.24, 2.45) is 0 Å². The van der Waals surface area contributed by atoms with Crippen LogP contribution in [-0.4, -0.2) is 44.3 Å². The highest BCUT2D eigenvalue weighted by Gasteiger charge is 2.22. The summed E-state index contributed by atoms with van der Waals surface area (Å²) in [5.41, 5.74) is -0.227. The molecular formula is C13H18N2O6. The first kappa shape index (κ1) is 16.7. The van der Waals surface area contributed by atoms with Crippen LogP contribution in [0.5, 0.6) is 11.5 Å². The molecule has 8 heteroatoms. The van der Waals surface area contributed by atoms with E-state index >= 15 is 0 Å². The number of ether oxygens (including phenoxy) is 3. The molecule has 0 spiro atoms. The minimum atomic E-state index is -0.693. The van der Waals surface area contributed by atoms with Crippen molar-refractivity contribution >= 4 is 11.7 Å². The number of hydrogen-bond donors (Lipinski definition) is 1. The van der Waals surface area contributed by atoms with Gasteiger partial charge in [-0.2, -0.15) is 0 Å². The molecule has 0 saturated heterocycles. The van der Waals surface area contributed by atoms with E-state index in [1.807, 2.05) is 6.92 Å².